The number of rotatable bonds is 14. The van der Waals surface area contributed by atoms with Gasteiger partial charge in [-0.3, -0.25) is 15.3 Å². The van der Waals surface area contributed by atoms with Gasteiger partial charge in [0.2, 0.25) is 5.88 Å². The molecule has 14 nitrogen and oxygen atoms in total. The van der Waals surface area contributed by atoms with Crippen LogP contribution in [0.3, 0.4) is 0 Å². The smallest absolute Gasteiger partial charge is 0.324 e. The van der Waals surface area contributed by atoms with Gasteiger partial charge < -0.3 is 24.8 Å². The number of benzene rings is 4. The monoisotopic (exact) mass is 752 g/mol. The van der Waals surface area contributed by atoms with E-state index in [4.69, 9.17) is 19.3 Å². The van der Waals surface area contributed by atoms with E-state index in [1.54, 1.807) is 16.9 Å². The number of H-pyrrole nitrogens is 1. The molecular weight excluding hydrogens is 709 g/mol. The van der Waals surface area contributed by atoms with Crippen molar-refractivity contribution in [3.63, 3.8) is 0 Å². The summed E-state index contributed by atoms with van der Waals surface area (Å²) >= 11 is 0. The number of carbonyl (C=O) groups excluding carboxylic acids is 1. The van der Waals surface area contributed by atoms with Crippen molar-refractivity contribution in [2.24, 2.45) is 0 Å². The lowest BCUT2D eigenvalue weighted by molar-refractivity contribution is 0.0322. The lowest BCUT2D eigenvalue weighted by Gasteiger charge is -2.26. The number of urea groups is 1. The highest BCUT2D eigenvalue weighted by molar-refractivity contribution is 6.07. The molecule has 286 valence electrons. The molecule has 14 heteroatoms. The molecule has 0 bridgehead atoms. The van der Waals surface area contributed by atoms with Gasteiger partial charge in [0.1, 0.15) is 36.1 Å². The first kappa shape index (κ1) is 36.5. The topological polar surface area (TPSA) is 156 Å². The zero-order valence-corrected chi connectivity index (χ0v) is 31.4. The summed E-state index contributed by atoms with van der Waals surface area (Å²) in [5.74, 6) is 3.08. The fraction of sp³-hybridized carbons (Fsp3) is 0.262. The molecule has 4 aromatic carbocycles. The summed E-state index contributed by atoms with van der Waals surface area (Å²) in [5.41, 5.74) is 4.14. The van der Waals surface area contributed by atoms with Crippen LogP contribution in [0.1, 0.15) is 38.3 Å². The van der Waals surface area contributed by atoms with Gasteiger partial charge >= 0.3 is 6.03 Å². The summed E-state index contributed by atoms with van der Waals surface area (Å²) < 4.78 is 19.5. The van der Waals surface area contributed by atoms with Crippen LogP contribution in [0.2, 0.25) is 0 Å². The molecular formula is C42H44N10O4. The maximum atomic E-state index is 13.7. The van der Waals surface area contributed by atoms with Crippen LogP contribution >= 0.6 is 0 Å². The zero-order valence-electron chi connectivity index (χ0n) is 31.4. The van der Waals surface area contributed by atoms with Gasteiger partial charge in [-0.1, -0.05) is 44.5 Å². The van der Waals surface area contributed by atoms with E-state index in [0.29, 0.717) is 35.6 Å². The molecule has 7 aromatic rings. The van der Waals surface area contributed by atoms with E-state index in [2.05, 4.69) is 54.9 Å². The standard InChI is InChI=1S/C42H44N10O4/c1-3-6-28(2)37-24-40(52(50-37)31-10-12-32(13-11-31)55-22-19-51-17-20-54-21-18-51)48-42(53)47-36-15-16-38(34-8-5-4-7-33(34)36)56-41-25-39(43-27-44-41)46-30-9-14-35-29(23-30)26-45-49-35/h4-5,7-16,23-28H,3,6,17-22H2,1-2H3,(H,45,49)(H,43,44,46)(H2,47,48,53). The Hall–Kier alpha value is -6.51. The number of aromatic nitrogens is 6. The van der Waals surface area contributed by atoms with Crippen molar-refractivity contribution in [3.05, 3.63) is 109 Å². The highest BCUT2D eigenvalue weighted by Gasteiger charge is 2.18. The number of anilines is 4. The third-order valence-corrected chi connectivity index (χ3v) is 9.76. The summed E-state index contributed by atoms with van der Waals surface area (Å²) in [7, 11) is 0. The minimum atomic E-state index is -0.400. The first-order chi connectivity index (χ1) is 27.5. The highest BCUT2D eigenvalue weighted by atomic mass is 16.5. The van der Waals surface area contributed by atoms with Crippen molar-refractivity contribution in [2.75, 3.05) is 55.4 Å². The van der Waals surface area contributed by atoms with Crippen LogP contribution in [0.5, 0.6) is 17.4 Å². The largest absolute Gasteiger partial charge is 0.492 e. The molecule has 1 aliphatic rings. The van der Waals surface area contributed by atoms with Crippen molar-refractivity contribution in [1.29, 1.82) is 0 Å². The molecule has 1 unspecified atom stereocenters. The fourth-order valence-corrected chi connectivity index (χ4v) is 6.79. The number of fused-ring (bicyclic) bond motifs is 2. The van der Waals surface area contributed by atoms with Gasteiger partial charge in [-0.2, -0.15) is 10.2 Å². The second-order valence-corrected chi connectivity index (χ2v) is 13.7. The number of nitrogens with one attached hydrogen (secondary N) is 4. The Bertz CT molecular complexity index is 2420. The minimum absolute atomic E-state index is 0.220. The molecule has 4 heterocycles. The van der Waals surface area contributed by atoms with Crippen LogP contribution in [0.4, 0.5) is 27.8 Å². The Morgan fingerprint density at radius 1 is 0.946 bits per heavy atom. The van der Waals surface area contributed by atoms with Gasteiger partial charge in [-0.05, 0) is 61.0 Å². The Kier molecular flexibility index (Phi) is 11.0. The van der Waals surface area contributed by atoms with Crippen molar-refractivity contribution < 1.29 is 19.0 Å². The Morgan fingerprint density at radius 2 is 1.79 bits per heavy atom. The molecule has 0 aliphatic carbocycles. The normalized spacial score (nSPS) is 13.8. The number of hydrogen-bond acceptors (Lipinski definition) is 10. The number of carbonyl (C=O) groups is 1. The van der Waals surface area contributed by atoms with E-state index < -0.39 is 6.03 Å². The van der Waals surface area contributed by atoms with Gasteiger partial charge in [0, 0.05) is 59.5 Å². The van der Waals surface area contributed by atoms with Crippen LogP contribution in [0.15, 0.2) is 104 Å². The molecule has 2 amide bonds. The average Bonchev–Trinajstić information content (AvgIpc) is 3.87. The summed E-state index contributed by atoms with van der Waals surface area (Å²) in [5, 5.41) is 24.0. The predicted molar refractivity (Wildman–Crippen MR) is 218 cm³/mol. The Balaban J connectivity index is 0.965. The zero-order chi connectivity index (χ0) is 38.3. The van der Waals surface area contributed by atoms with E-state index in [0.717, 1.165) is 90.2 Å². The van der Waals surface area contributed by atoms with E-state index in [1.165, 1.54) is 6.33 Å². The molecule has 3 aromatic heterocycles. The van der Waals surface area contributed by atoms with Gasteiger partial charge in [0.15, 0.2) is 0 Å². The summed E-state index contributed by atoms with van der Waals surface area (Å²) in [6, 6.07) is 28.3. The maximum absolute atomic E-state index is 13.7. The second-order valence-electron chi connectivity index (χ2n) is 13.7. The molecule has 0 saturated carbocycles. The third-order valence-electron chi connectivity index (χ3n) is 9.76. The molecule has 1 atom stereocenters. The van der Waals surface area contributed by atoms with Crippen LogP contribution in [0, 0.1) is 0 Å². The van der Waals surface area contributed by atoms with Crippen molar-refractivity contribution in [1.82, 2.24) is 34.8 Å². The van der Waals surface area contributed by atoms with Gasteiger partial charge in [0.25, 0.3) is 0 Å². The minimum Gasteiger partial charge on any atom is -0.492 e. The molecule has 8 rings (SSSR count). The summed E-state index contributed by atoms with van der Waals surface area (Å²) in [6.45, 7) is 9.14. The molecule has 1 aliphatic heterocycles. The van der Waals surface area contributed by atoms with Crippen LogP contribution < -0.4 is 25.4 Å². The molecule has 0 radical (unpaired) electrons. The number of hydrogen-bond donors (Lipinski definition) is 4. The molecule has 56 heavy (non-hydrogen) atoms. The van der Waals surface area contributed by atoms with Gasteiger partial charge in [-0.15, -0.1) is 0 Å². The molecule has 1 saturated heterocycles. The van der Waals surface area contributed by atoms with Crippen molar-refractivity contribution >= 4 is 50.7 Å². The first-order valence-corrected chi connectivity index (χ1v) is 18.9. The van der Waals surface area contributed by atoms with Crippen LogP contribution in [-0.4, -0.2) is 80.3 Å². The quantitative estimate of drug-likeness (QED) is 0.0850. The molecule has 0 spiro atoms. The fourth-order valence-electron chi connectivity index (χ4n) is 6.79. The number of ether oxygens (including phenoxy) is 3. The number of amides is 2. The van der Waals surface area contributed by atoms with Crippen LogP contribution in [-0.2, 0) is 4.74 Å². The van der Waals surface area contributed by atoms with E-state index in [-0.39, 0.29) is 5.92 Å². The van der Waals surface area contributed by atoms with Crippen molar-refractivity contribution in [3.8, 4) is 23.1 Å². The van der Waals surface area contributed by atoms with E-state index in [1.807, 2.05) is 84.9 Å². The maximum Gasteiger partial charge on any atom is 0.324 e. The lowest BCUT2D eigenvalue weighted by Crippen LogP contribution is -2.38. The molecule has 4 N–H and O–H groups in total. The van der Waals surface area contributed by atoms with E-state index in [9.17, 15) is 4.79 Å². The number of aromatic amines is 1. The third kappa shape index (κ3) is 8.56. The average molecular weight is 753 g/mol. The number of nitrogens with zero attached hydrogens (tertiary/aromatic N) is 6. The van der Waals surface area contributed by atoms with Gasteiger partial charge in [0.05, 0.1) is 42.0 Å². The van der Waals surface area contributed by atoms with Gasteiger partial charge in [-0.25, -0.2) is 19.4 Å². The highest BCUT2D eigenvalue weighted by Crippen LogP contribution is 2.35. The Labute approximate surface area is 324 Å². The van der Waals surface area contributed by atoms with Crippen molar-refractivity contribution in [2.45, 2.75) is 32.6 Å². The number of morpholine rings is 1. The second kappa shape index (κ2) is 16.9. The SMILES string of the molecule is CCCC(C)c1cc(NC(=O)Nc2ccc(Oc3cc(Nc4ccc5[nH]ncc5c4)ncn3)c3ccccc23)n(-c2ccc(OCCN3CCOCC3)cc2)n1. The lowest BCUT2D eigenvalue weighted by atomic mass is 10.0. The predicted octanol–water partition coefficient (Wildman–Crippen LogP) is 8.49. The Morgan fingerprint density at radius 3 is 2.62 bits per heavy atom. The first-order valence-electron chi connectivity index (χ1n) is 18.9. The summed E-state index contributed by atoms with van der Waals surface area (Å²) in [6.07, 6.45) is 5.23. The summed E-state index contributed by atoms with van der Waals surface area (Å²) in [4.78, 5) is 24.7. The van der Waals surface area contributed by atoms with E-state index >= 15 is 0 Å². The molecule has 1 fully saturated rings. The van der Waals surface area contributed by atoms with Crippen LogP contribution in [0.25, 0.3) is 27.4 Å².